The molecule has 1 aromatic heterocycles. The highest BCUT2D eigenvalue weighted by molar-refractivity contribution is 5.89. The summed E-state index contributed by atoms with van der Waals surface area (Å²) in [7, 11) is 0. The summed E-state index contributed by atoms with van der Waals surface area (Å²) in [5.74, 6) is 0. The molecule has 0 radical (unpaired) electrons. The van der Waals surface area contributed by atoms with Gasteiger partial charge in [0.1, 0.15) is 0 Å². The number of alkyl halides is 3. The smallest absolute Gasteiger partial charge is 0.379 e. The van der Waals surface area contributed by atoms with E-state index in [0.717, 1.165) is 28.7 Å². The number of nitrogens with one attached hydrogen (secondary N) is 2. The second-order valence-electron chi connectivity index (χ2n) is 4.69. The van der Waals surface area contributed by atoms with E-state index in [1.807, 2.05) is 18.2 Å². The standard InChI is InChI=1S/C15H12F3N3/c16-15(17,18)12-5-1-3-10(7-12)8-19-13-6-2-4-11-9-20-21-14(11)13/h1-7,9,19H,8H2,(H,20,21). The Bertz CT molecular complexity index is 762. The number of nitrogens with zero attached hydrogens (tertiary/aromatic N) is 1. The molecule has 3 rings (SSSR count). The van der Waals surface area contributed by atoms with Gasteiger partial charge in [0.25, 0.3) is 0 Å². The number of aromatic nitrogens is 2. The van der Waals surface area contributed by atoms with Crippen molar-refractivity contribution in [3.8, 4) is 0 Å². The van der Waals surface area contributed by atoms with Crippen LogP contribution in [0.5, 0.6) is 0 Å². The molecule has 3 nitrogen and oxygen atoms in total. The fourth-order valence-electron chi connectivity index (χ4n) is 2.17. The molecule has 0 bridgehead atoms. The van der Waals surface area contributed by atoms with Crippen molar-refractivity contribution in [1.82, 2.24) is 10.2 Å². The van der Waals surface area contributed by atoms with Gasteiger partial charge >= 0.3 is 6.18 Å². The molecule has 108 valence electrons. The van der Waals surface area contributed by atoms with Crippen LogP contribution < -0.4 is 5.32 Å². The van der Waals surface area contributed by atoms with Gasteiger partial charge in [-0.1, -0.05) is 24.3 Å². The normalized spacial score (nSPS) is 11.8. The maximum atomic E-state index is 12.7. The number of rotatable bonds is 3. The lowest BCUT2D eigenvalue weighted by Gasteiger charge is -2.10. The summed E-state index contributed by atoms with van der Waals surface area (Å²) in [5, 5.41) is 10.9. The molecule has 0 aliphatic rings. The Hall–Kier alpha value is -2.50. The third-order valence-corrected chi connectivity index (χ3v) is 3.21. The number of hydrogen-bond donors (Lipinski definition) is 2. The number of halogens is 3. The fraction of sp³-hybridized carbons (Fsp3) is 0.133. The number of anilines is 1. The molecule has 0 fully saturated rings. The summed E-state index contributed by atoms with van der Waals surface area (Å²) in [5.41, 5.74) is 1.58. The maximum Gasteiger partial charge on any atom is 0.416 e. The lowest BCUT2D eigenvalue weighted by Crippen LogP contribution is -2.07. The summed E-state index contributed by atoms with van der Waals surface area (Å²) in [6.45, 7) is 0.308. The van der Waals surface area contributed by atoms with Crippen molar-refractivity contribution < 1.29 is 13.2 Å². The van der Waals surface area contributed by atoms with Crippen LogP contribution in [0.25, 0.3) is 10.9 Å². The van der Waals surface area contributed by atoms with Crippen molar-refractivity contribution in [3.05, 3.63) is 59.8 Å². The first-order valence-corrected chi connectivity index (χ1v) is 6.36. The first kappa shape index (κ1) is 13.5. The fourth-order valence-corrected chi connectivity index (χ4v) is 2.17. The monoisotopic (exact) mass is 291 g/mol. The van der Waals surface area contributed by atoms with E-state index in [2.05, 4.69) is 15.5 Å². The Labute approximate surface area is 118 Å². The third kappa shape index (κ3) is 2.84. The van der Waals surface area contributed by atoms with E-state index in [1.54, 1.807) is 12.3 Å². The van der Waals surface area contributed by atoms with E-state index in [0.29, 0.717) is 12.1 Å². The lowest BCUT2D eigenvalue weighted by atomic mass is 10.1. The molecule has 3 aromatic rings. The minimum absolute atomic E-state index is 0.308. The predicted octanol–water partition coefficient (Wildman–Crippen LogP) is 4.19. The van der Waals surface area contributed by atoms with Crippen molar-refractivity contribution in [2.75, 3.05) is 5.32 Å². The number of H-pyrrole nitrogens is 1. The SMILES string of the molecule is FC(F)(F)c1cccc(CNc2cccc3cn[nH]c23)c1. The van der Waals surface area contributed by atoms with Crippen LogP contribution in [0.1, 0.15) is 11.1 Å². The number of hydrogen-bond acceptors (Lipinski definition) is 2. The molecule has 1 heterocycles. The number of benzene rings is 2. The summed E-state index contributed by atoms with van der Waals surface area (Å²) in [4.78, 5) is 0. The molecule has 2 N–H and O–H groups in total. The molecule has 0 amide bonds. The highest BCUT2D eigenvalue weighted by Crippen LogP contribution is 2.29. The van der Waals surface area contributed by atoms with Crippen LogP contribution in [-0.4, -0.2) is 10.2 Å². The van der Waals surface area contributed by atoms with Gasteiger partial charge in [-0.25, -0.2) is 0 Å². The summed E-state index contributed by atoms with van der Waals surface area (Å²) >= 11 is 0. The van der Waals surface area contributed by atoms with E-state index >= 15 is 0 Å². The Morgan fingerprint density at radius 2 is 1.90 bits per heavy atom. The molecule has 6 heteroatoms. The van der Waals surface area contributed by atoms with Crippen LogP contribution in [0.4, 0.5) is 18.9 Å². The predicted molar refractivity (Wildman–Crippen MR) is 74.9 cm³/mol. The molecule has 0 saturated heterocycles. The van der Waals surface area contributed by atoms with E-state index in [9.17, 15) is 13.2 Å². The van der Waals surface area contributed by atoms with Gasteiger partial charge in [-0.3, -0.25) is 5.10 Å². The molecule has 0 saturated carbocycles. The van der Waals surface area contributed by atoms with Crippen molar-refractivity contribution in [1.29, 1.82) is 0 Å². The topological polar surface area (TPSA) is 40.7 Å². The van der Waals surface area contributed by atoms with Gasteiger partial charge in [-0.2, -0.15) is 18.3 Å². The highest BCUT2D eigenvalue weighted by atomic mass is 19.4. The average Bonchev–Trinajstić information content (AvgIpc) is 2.93. The second-order valence-corrected chi connectivity index (χ2v) is 4.69. The van der Waals surface area contributed by atoms with Crippen molar-refractivity contribution in [2.24, 2.45) is 0 Å². The lowest BCUT2D eigenvalue weighted by molar-refractivity contribution is -0.137. The average molecular weight is 291 g/mol. The molecule has 0 atom stereocenters. The summed E-state index contributed by atoms with van der Waals surface area (Å²) in [6, 6.07) is 10.9. The zero-order valence-corrected chi connectivity index (χ0v) is 10.9. The molecule has 0 unspecified atom stereocenters. The van der Waals surface area contributed by atoms with Gasteiger partial charge in [0, 0.05) is 11.9 Å². The third-order valence-electron chi connectivity index (χ3n) is 3.21. The molecule has 0 spiro atoms. The van der Waals surface area contributed by atoms with Crippen LogP contribution in [0.3, 0.4) is 0 Å². The van der Waals surface area contributed by atoms with E-state index in [1.165, 1.54) is 6.07 Å². The quantitative estimate of drug-likeness (QED) is 0.759. The van der Waals surface area contributed by atoms with Crippen LogP contribution in [0.15, 0.2) is 48.7 Å². The maximum absolute atomic E-state index is 12.7. The first-order valence-electron chi connectivity index (χ1n) is 6.36. The molecule has 0 aliphatic heterocycles. The van der Waals surface area contributed by atoms with E-state index < -0.39 is 11.7 Å². The molecular formula is C15H12F3N3. The van der Waals surface area contributed by atoms with Gasteiger partial charge < -0.3 is 5.32 Å². The molecular weight excluding hydrogens is 279 g/mol. The van der Waals surface area contributed by atoms with E-state index in [4.69, 9.17) is 0 Å². The summed E-state index contributed by atoms with van der Waals surface area (Å²) < 4.78 is 38.0. The minimum atomic E-state index is -4.32. The van der Waals surface area contributed by atoms with E-state index in [-0.39, 0.29) is 0 Å². The van der Waals surface area contributed by atoms with Gasteiger partial charge in [-0.05, 0) is 23.8 Å². The van der Waals surface area contributed by atoms with Crippen LogP contribution in [-0.2, 0) is 12.7 Å². The van der Waals surface area contributed by atoms with Crippen LogP contribution >= 0.6 is 0 Å². The molecule has 2 aromatic carbocycles. The van der Waals surface area contributed by atoms with Crippen LogP contribution in [0.2, 0.25) is 0 Å². The van der Waals surface area contributed by atoms with Crippen molar-refractivity contribution in [3.63, 3.8) is 0 Å². The first-order chi connectivity index (χ1) is 10.0. The van der Waals surface area contributed by atoms with Crippen molar-refractivity contribution >= 4 is 16.6 Å². The summed E-state index contributed by atoms with van der Waals surface area (Å²) in [6.07, 6.45) is -2.62. The van der Waals surface area contributed by atoms with Gasteiger partial charge in [0.05, 0.1) is 23.0 Å². The highest BCUT2D eigenvalue weighted by Gasteiger charge is 2.30. The largest absolute Gasteiger partial charge is 0.416 e. The minimum Gasteiger partial charge on any atom is -0.379 e. The van der Waals surface area contributed by atoms with Gasteiger partial charge in [0.2, 0.25) is 0 Å². The number of para-hydroxylation sites is 1. The zero-order valence-electron chi connectivity index (χ0n) is 10.9. The van der Waals surface area contributed by atoms with Crippen molar-refractivity contribution in [2.45, 2.75) is 12.7 Å². The number of aromatic amines is 1. The number of fused-ring (bicyclic) bond motifs is 1. The van der Waals surface area contributed by atoms with Gasteiger partial charge in [-0.15, -0.1) is 0 Å². The van der Waals surface area contributed by atoms with Crippen LogP contribution in [0, 0.1) is 0 Å². The Kier molecular flexibility index (Phi) is 3.29. The Balaban J connectivity index is 1.80. The van der Waals surface area contributed by atoms with Gasteiger partial charge in [0.15, 0.2) is 0 Å². The molecule has 21 heavy (non-hydrogen) atoms. The zero-order chi connectivity index (χ0) is 14.9. The second kappa shape index (κ2) is 5.12. The molecule has 0 aliphatic carbocycles. The Morgan fingerprint density at radius 1 is 1.10 bits per heavy atom. The Morgan fingerprint density at radius 3 is 2.71 bits per heavy atom.